The predicted octanol–water partition coefficient (Wildman–Crippen LogP) is 10.5. The molecule has 0 atom stereocenters. The lowest BCUT2D eigenvalue weighted by molar-refractivity contribution is -0.118. The number of rotatable bonds is 26. The van der Waals surface area contributed by atoms with Gasteiger partial charge >= 0.3 is 0 Å². The number of nitrogens with zero attached hydrogens (tertiary/aromatic N) is 16. The first-order valence-electron chi connectivity index (χ1n) is 29.2. The minimum atomic E-state index is -0.292. The SMILES string of the molecule is CC(=O)CCCCc1cn(Cc2ccc(F)cc2)nn1.CC(=O)CCCCc1cn(Cc2ccc(F)cc2)nn1.CC(=O)CCCc1cn(Cc2ccc(F)cc2)nn1.CC(=O)Cn1cc(-c2ccc(F)cc2)nn1.CC(=O)Cn1cc(-c2ccccn2)nn1. The molecule has 0 aliphatic heterocycles. The maximum atomic E-state index is 12.8. The zero-order valence-electron chi connectivity index (χ0n) is 51.0. The first-order valence-corrected chi connectivity index (χ1v) is 29.2. The Labute approximate surface area is 518 Å². The second kappa shape index (κ2) is 36.8. The Morgan fingerprint density at radius 1 is 0.344 bits per heavy atom. The average molecular weight is 1230 g/mol. The lowest BCUT2D eigenvalue weighted by Gasteiger charge is -2.00. The highest BCUT2D eigenvalue weighted by Crippen LogP contribution is 2.17. The van der Waals surface area contributed by atoms with Crippen LogP contribution in [0.15, 0.2) is 152 Å². The van der Waals surface area contributed by atoms with Gasteiger partial charge in [-0.1, -0.05) is 68.5 Å². The van der Waals surface area contributed by atoms with Crippen LogP contribution in [-0.2, 0) is 76.0 Å². The molecule has 0 bridgehead atoms. The van der Waals surface area contributed by atoms with Gasteiger partial charge in [0.25, 0.3) is 0 Å². The third-order valence-electron chi connectivity index (χ3n) is 12.8. The summed E-state index contributed by atoms with van der Waals surface area (Å²) in [5, 5.41) is 39.9. The molecule has 21 nitrogen and oxygen atoms in total. The smallest absolute Gasteiger partial charge is 0.151 e. The molecule has 10 aromatic rings. The van der Waals surface area contributed by atoms with Crippen molar-refractivity contribution in [3.63, 3.8) is 0 Å². The maximum absolute atomic E-state index is 12.8. The molecule has 10 rings (SSSR count). The molecule has 0 saturated carbocycles. The van der Waals surface area contributed by atoms with Gasteiger partial charge < -0.3 is 14.4 Å². The van der Waals surface area contributed by atoms with Crippen molar-refractivity contribution in [2.45, 2.75) is 138 Å². The molecule has 6 heterocycles. The fourth-order valence-electron chi connectivity index (χ4n) is 8.39. The first kappa shape index (κ1) is 68.9. The molecule has 25 heteroatoms. The van der Waals surface area contributed by atoms with Crippen LogP contribution in [0.25, 0.3) is 22.6 Å². The third-order valence-corrected chi connectivity index (χ3v) is 12.8. The third kappa shape index (κ3) is 26.8. The van der Waals surface area contributed by atoms with Crippen LogP contribution in [0.3, 0.4) is 0 Å². The van der Waals surface area contributed by atoms with E-state index in [1.807, 2.05) is 36.8 Å². The number of aryl methyl sites for hydroxylation is 3. The number of unbranched alkanes of at least 4 members (excludes halogenated alkanes) is 2. The van der Waals surface area contributed by atoms with Crippen LogP contribution in [0.1, 0.15) is 120 Å². The molecule has 0 fully saturated rings. The van der Waals surface area contributed by atoms with Crippen LogP contribution >= 0.6 is 0 Å². The summed E-state index contributed by atoms with van der Waals surface area (Å²) in [6.45, 7) is 10.0. The zero-order chi connectivity index (χ0) is 64.6. The quantitative estimate of drug-likeness (QED) is 0.0361. The van der Waals surface area contributed by atoms with Gasteiger partial charge in [0.05, 0.1) is 54.8 Å². The van der Waals surface area contributed by atoms with Gasteiger partial charge in [0.1, 0.15) is 65.1 Å². The Morgan fingerprint density at radius 2 is 0.689 bits per heavy atom. The number of carbonyl (C=O) groups is 5. The largest absolute Gasteiger partial charge is 0.300 e. The van der Waals surface area contributed by atoms with Gasteiger partial charge in [0.15, 0.2) is 11.6 Å². The van der Waals surface area contributed by atoms with Crippen molar-refractivity contribution in [1.29, 1.82) is 0 Å². The number of carbonyl (C=O) groups excluding carboxylic acids is 5. The monoisotopic (exact) mass is 1230 g/mol. The molecule has 0 radical (unpaired) electrons. The molecule has 6 aromatic heterocycles. The van der Waals surface area contributed by atoms with Crippen LogP contribution in [0.5, 0.6) is 0 Å². The van der Waals surface area contributed by atoms with Crippen molar-refractivity contribution < 1.29 is 41.5 Å². The Morgan fingerprint density at radius 3 is 1.06 bits per heavy atom. The number of hydrogen-bond acceptors (Lipinski definition) is 16. The molecular weight excluding hydrogens is 1160 g/mol. The van der Waals surface area contributed by atoms with E-state index in [-0.39, 0.29) is 65.3 Å². The van der Waals surface area contributed by atoms with E-state index < -0.39 is 0 Å². The van der Waals surface area contributed by atoms with E-state index >= 15 is 0 Å². The molecular formula is C65H72F4N16O5. The highest BCUT2D eigenvalue weighted by molar-refractivity contribution is 5.76. The summed E-state index contributed by atoms with van der Waals surface area (Å²) < 4.78 is 59.2. The van der Waals surface area contributed by atoms with E-state index in [0.717, 1.165) is 96.4 Å². The number of benzene rings is 4. The van der Waals surface area contributed by atoms with Gasteiger partial charge in [-0.15, -0.1) is 25.5 Å². The molecule has 0 unspecified atom stereocenters. The lowest BCUT2D eigenvalue weighted by atomic mass is 10.1. The Balaban J connectivity index is 0.000000180. The van der Waals surface area contributed by atoms with Gasteiger partial charge in [-0.05, 0) is 175 Å². The summed E-state index contributed by atoms with van der Waals surface area (Å²) in [6.07, 6.45) is 19.4. The van der Waals surface area contributed by atoms with Gasteiger partial charge in [0, 0.05) is 49.6 Å². The Bertz CT molecular complexity index is 3690. The minimum absolute atomic E-state index is 0.00977. The summed E-state index contributed by atoms with van der Waals surface area (Å²) in [5.41, 5.74) is 8.51. The van der Waals surface area contributed by atoms with Crippen molar-refractivity contribution in [2.24, 2.45) is 0 Å². The standard InChI is InChI=1S/2C15H18FN3O.C14H16FN3O.C11H10FN3O.C10H10N4O/c2*1-12(20)4-2-3-5-15-11-19(18-17-15)10-13-6-8-14(16)9-7-13;1-11(19)3-2-4-14-10-18(17-16-14)9-12-5-7-13(15)8-6-12;1-8(16)6-15-7-11(13-14-15)9-2-4-10(12)5-3-9;1-8(15)6-14-7-10(12-13-14)9-4-2-3-5-11-9/h2*6-9,11H,2-5,10H2,1H3;5-8,10H,2-4,9H2,1H3;2-5,7H,6H2,1H3;2-5,7H,6H2,1H3. The van der Waals surface area contributed by atoms with Crippen molar-refractivity contribution in [1.82, 2.24) is 80.0 Å². The molecule has 90 heavy (non-hydrogen) atoms. The van der Waals surface area contributed by atoms with Crippen LogP contribution in [0, 0.1) is 23.3 Å². The van der Waals surface area contributed by atoms with Crippen LogP contribution in [-0.4, -0.2) is 109 Å². The molecule has 0 amide bonds. The fourth-order valence-corrected chi connectivity index (χ4v) is 8.39. The summed E-state index contributed by atoms with van der Waals surface area (Å²) in [5.74, 6) is -0.305. The molecule has 0 saturated heterocycles. The number of hydrogen-bond donors (Lipinski definition) is 0. The van der Waals surface area contributed by atoms with E-state index in [4.69, 9.17) is 0 Å². The number of ketones is 5. The maximum Gasteiger partial charge on any atom is 0.151 e. The summed E-state index contributed by atoms with van der Waals surface area (Å²) in [7, 11) is 0. The van der Waals surface area contributed by atoms with Crippen molar-refractivity contribution in [3.8, 4) is 22.6 Å². The normalized spacial score (nSPS) is 10.5. The van der Waals surface area contributed by atoms with Crippen molar-refractivity contribution >= 4 is 28.9 Å². The lowest BCUT2D eigenvalue weighted by Crippen LogP contribution is -2.06. The Kier molecular flexibility index (Phi) is 28.2. The van der Waals surface area contributed by atoms with Crippen molar-refractivity contribution in [3.05, 3.63) is 209 Å². The van der Waals surface area contributed by atoms with Gasteiger partial charge in [0.2, 0.25) is 0 Å². The van der Waals surface area contributed by atoms with Crippen molar-refractivity contribution in [2.75, 3.05) is 0 Å². The van der Waals surface area contributed by atoms with E-state index in [0.29, 0.717) is 50.3 Å². The van der Waals surface area contributed by atoms with Gasteiger partial charge in [-0.3, -0.25) is 14.6 Å². The highest BCUT2D eigenvalue weighted by atomic mass is 19.1. The summed E-state index contributed by atoms with van der Waals surface area (Å²) in [4.78, 5) is 58.4. The Hall–Kier alpha value is -10.2. The van der Waals surface area contributed by atoms with Crippen LogP contribution in [0.2, 0.25) is 0 Å². The molecule has 0 aliphatic carbocycles. The molecule has 470 valence electrons. The highest BCUT2D eigenvalue weighted by Gasteiger charge is 2.09. The molecule has 0 aliphatic rings. The van der Waals surface area contributed by atoms with Crippen LogP contribution in [0.4, 0.5) is 17.6 Å². The molecule has 0 N–H and O–H groups in total. The molecule has 0 spiro atoms. The predicted molar refractivity (Wildman–Crippen MR) is 327 cm³/mol. The van der Waals surface area contributed by atoms with E-state index in [9.17, 15) is 41.5 Å². The fraction of sp³-hybridized carbons (Fsp3) is 0.323. The van der Waals surface area contributed by atoms with Gasteiger partial charge in [-0.2, -0.15) is 0 Å². The summed E-state index contributed by atoms with van der Waals surface area (Å²) in [6, 6.07) is 30.6. The number of Topliss-reactive ketones (excluding diaryl/α,β-unsaturated/α-hetero) is 5. The zero-order valence-corrected chi connectivity index (χ0v) is 51.0. The minimum Gasteiger partial charge on any atom is -0.300 e. The van der Waals surface area contributed by atoms with E-state index in [1.54, 1.807) is 102 Å². The second-order valence-electron chi connectivity index (χ2n) is 21.2. The molecule has 4 aromatic carbocycles. The first-order chi connectivity index (χ1) is 43.3. The number of aromatic nitrogens is 16. The van der Waals surface area contributed by atoms with E-state index in [2.05, 4.69) is 56.5 Å². The van der Waals surface area contributed by atoms with Gasteiger partial charge in [-0.25, -0.2) is 41.0 Å². The van der Waals surface area contributed by atoms with E-state index in [1.165, 1.54) is 71.7 Å². The second-order valence-corrected chi connectivity index (χ2v) is 21.2. The average Bonchev–Trinajstić information content (AvgIpc) is 3.45. The number of pyridine rings is 1. The topological polar surface area (TPSA) is 252 Å². The van der Waals surface area contributed by atoms with Crippen LogP contribution < -0.4 is 0 Å². The number of halogens is 4. The summed E-state index contributed by atoms with van der Waals surface area (Å²) >= 11 is 0.